The Kier molecular flexibility index (Phi) is 7.37. The van der Waals surface area contributed by atoms with Crippen molar-refractivity contribution in [1.82, 2.24) is 14.5 Å². The zero-order chi connectivity index (χ0) is 21.9. The molecule has 2 aliphatic heterocycles. The largest absolute Gasteiger partial charge is 0.379 e. The minimum absolute atomic E-state index is 0.000433. The van der Waals surface area contributed by atoms with E-state index in [0.29, 0.717) is 17.3 Å². The van der Waals surface area contributed by atoms with Crippen LogP contribution in [0.5, 0.6) is 0 Å². The molecule has 1 aromatic rings. The van der Waals surface area contributed by atoms with Crippen LogP contribution in [0.3, 0.4) is 0 Å². The quantitative estimate of drug-likeness (QED) is 0.693. The SMILES string of the molecule is Cc1ccc(S(=O)(=O)N2CCCC(C(=O)NCC3(N4CCOCC4)CCCCC3)C2)s1. The van der Waals surface area contributed by atoms with Crippen LogP contribution in [0.1, 0.15) is 49.8 Å². The topological polar surface area (TPSA) is 79.0 Å². The number of piperidine rings is 1. The van der Waals surface area contributed by atoms with E-state index in [1.165, 1.54) is 34.9 Å². The number of morpholine rings is 1. The van der Waals surface area contributed by atoms with Crippen molar-refractivity contribution in [3.63, 3.8) is 0 Å². The number of ether oxygens (including phenoxy) is 1. The molecule has 31 heavy (non-hydrogen) atoms. The molecule has 3 heterocycles. The summed E-state index contributed by atoms with van der Waals surface area (Å²) >= 11 is 1.30. The average molecular weight is 470 g/mol. The van der Waals surface area contributed by atoms with Crippen molar-refractivity contribution in [3.05, 3.63) is 17.0 Å². The summed E-state index contributed by atoms with van der Waals surface area (Å²) in [6, 6.07) is 3.51. The van der Waals surface area contributed by atoms with Crippen LogP contribution in [0.15, 0.2) is 16.3 Å². The van der Waals surface area contributed by atoms with Gasteiger partial charge in [0.2, 0.25) is 5.91 Å². The van der Waals surface area contributed by atoms with Crippen LogP contribution in [-0.4, -0.2) is 75.0 Å². The van der Waals surface area contributed by atoms with E-state index in [1.54, 1.807) is 6.07 Å². The number of carbonyl (C=O) groups excluding carboxylic acids is 1. The molecule has 1 aromatic heterocycles. The Bertz CT molecular complexity index is 858. The van der Waals surface area contributed by atoms with Crippen LogP contribution >= 0.6 is 11.3 Å². The normalized spacial score (nSPS) is 25.9. The molecule has 0 radical (unpaired) electrons. The summed E-state index contributed by atoms with van der Waals surface area (Å²) in [4.78, 5) is 16.6. The zero-order valence-corrected chi connectivity index (χ0v) is 20.1. The number of aryl methyl sites for hydroxylation is 1. The van der Waals surface area contributed by atoms with Crippen molar-refractivity contribution in [2.75, 3.05) is 45.9 Å². The molecular weight excluding hydrogens is 434 g/mol. The second kappa shape index (κ2) is 9.87. The number of amides is 1. The summed E-state index contributed by atoms with van der Waals surface area (Å²) in [7, 11) is -3.52. The Balaban J connectivity index is 1.39. The van der Waals surface area contributed by atoms with Crippen LogP contribution in [0.2, 0.25) is 0 Å². The van der Waals surface area contributed by atoms with Gasteiger partial charge in [0.15, 0.2) is 0 Å². The molecule has 174 valence electrons. The van der Waals surface area contributed by atoms with Crippen molar-refractivity contribution in [1.29, 1.82) is 0 Å². The zero-order valence-electron chi connectivity index (χ0n) is 18.5. The van der Waals surface area contributed by atoms with E-state index in [9.17, 15) is 13.2 Å². The van der Waals surface area contributed by atoms with E-state index in [-0.39, 0.29) is 23.9 Å². The molecule has 1 amide bonds. The second-order valence-electron chi connectivity index (χ2n) is 9.17. The van der Waals surface area contributed by atoms with E-state index >= 15 is 0 Å². The van der Waals surface area contributed by atoms with Crippen LogP contribution in [0.4, 0.5) is 0 Å². The first-order valence-electron chi connectivity index (χ1n) is 11.6. The molecule has 2 saturated heterocycles. The van der Waals surface area contributed by atoms with Gasteiger partial charge in [0, 0.05) is 43.1 Å². The van der Waals surface area contributed by atoms with Gasteiger partial charge in [0.1, 0.15) is 4.21 Å². The third-order valence-electron chi connectivity index (χ3n) is 7.12. The lowest BCUT2D eigenvalue weighted by atomic mass is 9.79. The number of nitrogens with zero attached hydrogens (tertiary/aromatic N) is 2. The number of hydrogen-bond donors (Lipinski definition) is 1. The first-order chi connectivity index (χ1) is 14.9. The fourth-order valence-electron chi connectivity index (χ4n) is 5.30. The lowest BCUT2D eigenvalue weighted by molar-refractivity contribution is -0.127. The van der Waals surface area contributed by atoms with E-state index in [0.717, 1.165) is 56.9 Å². The molecular formula is C22H35N3O4S2. The number of rotatable bonds is 6. The monoisotopic (exact) mass is 469 g/mol. The molecule has 0 spiro atoms. The van der Waals surface area contributed by atoms with E-state index < -0.39 is 10.0 Å². The molecule has 4 rings (SSSR count). The number of hydrogen-bond acceptors (Lipinski definition) is 6. The maximum atomic E-state index is 13.1. The first kappa shape index (κ1) is 23.2. The number of nitrogens with one attached hydrogen (secondary N) is 1. The predicted molar refractivity (Wildman–Crippen MR) is 122 cm³/mol. The highest BCUT2D eigenvalue weighted by Crippen LogP contribution is 2.34. The molecule has 7 nitrogen and oxygen atoms in total. The number of thiophene rings is 1. The van der Waals surface area contributed by atoms with Crippen molar-refractivity contribution in [2.24, 2.45) is 5.92 Å². The maximum absolute atomic E-state index is 13.1. The molecule has 0 aromatic carbocycles. The van der Waals surface area contributed by atoms with Crippen molar-refractivity contribution >= 4 is 27.3 Å². The molecule has 0 bridgehead atoms. The third-order valence-corrected chi connectivity index (χ3v) is 10.5. The highest BCUT2D eigenvalue weighted by Gasteiger charge is 2.40. The van der Waals surface area contributed by atoms with Gasteiger partial charge < -0.3 is 10.1 Å². The summed E-state index contributed by atoms with van der Waals surface area (Å²) in [6.45, 7) is 6.68. The molecule has 1 unspecified atom stereocenters. The Morgan fingerprint density at radius 1 is 1.16 bits per heavy atom. The van der Waals surface area contributed by atoms with E-state index in [2.05, 4.69) is 10.2 Å². The summed E-state index contributed by atoms with van der Waals surface area (Å²) in [5.41, 5.74) is 0.0205. The van der Waals surface area contributed by atoms with Gasteiger partial charge in [-0.2, -0.15) is 4.31 Å². The lowest BCUT2D eigenvalue weighted by Gasteiger charge is -2.48. The standard InChI is InChI=1S/C22H35N3O4S2/c1-18-7-8-20(30-18)31(27,28)25-11-5-6-19(16-25)21(26)23-17-22(9-3-2-4-10-22)24-12-14-29-15-13-24/h7-8,19H,2-6,9-17H2,1H3,(H,23,26). The fraction of sp³-hybridized carbons (Fsp3) is 0.773. The summed E-state index contributed by atoms with van der Waals surface area (Å²) in [6.07, 6.45) is 7.33. The lowest BCUT2D eigenvalue weighted by Crippen LogP contribution is -2.60. The van der Waals surface area contributed by atoms with E-state index in [4.69, 9.17) is 4.74 Å². The fourth-order valence-corrected chi connectivity index (χ4v) is 8.26. The van der Waals surface area contributed by atoms with Crippen LogP contribution in [-0.2, 0) is 19.6 Å². The molecule has 3 aliphatic rings. The summed E-state index contributed by atoms with van der Waals surface area (Å²) in [5.74, 6) is -0.282. The maximum Gasteiger partial charge on any atom is 0.252 e. The Morgan fingerprint density at radius 2 is 1.90 bits per heavy atom. The first-order valence-corrected chi connectivity index (χ1v) is 13.8. The molecule has 1 N–H and O–H groups in total. The van der Waals surface area contributed by atoms with Crippen molar-refractivity contribution < 1.29 is 17.9 Å². The molecule has 3 fully saturated rings. The van der Waals surface area contributed by atoms with Gasteiger partial charge in [-0.05, 0) is 44.7 Å². The predicted octanol–water partition coefficient (Wildman–Crippen LogP) is 2.61. The van der Waals surface area contributed by atoms with Gasteiger partial charge in [0.05, 0.1) is 19.1 Å². The minimum atomic E-state index is -3.52. The molecule has 9 heteroatoms. The summed E-state index contributed by atoms with van der Waals surface area (Å²) in [5, 5.41) is 3.24. The van der Waals surface area contributed by atoms with Crippen LogP contribution < -0.4 is 5.32 Å². The van der Waals surface area contributed by atoms with Crippen molar-refractivity contribution in [3.8, 4) is 0 Å². The summed E-state index contributed by atoms with van der Waals surface area (Å²) < 4.78 is 33.5. The van der Waals surface area contributed by atoms with Crippen molar-refractivity contribution in [2.45, 2.75) is 61.6 Å². The molecule has 1 atom stereocenters. The van der Waals surface area contributed by atoms with Crippen LogP contribution in [0, 0.1) is 12.8 Å². The highest BCUT2D eigenvalue weighted by molar-refractivity contribution is 7.91. The highest BCUT2D eigenvalue weighted by atomic mass is 32.2. The number of sulfonamides is 1. The van der Waals surface area contributed by atoms with Gasteiger partial charge in [-0.3, -0.25) is 9.69 Å². The van der Waals surface area contributed by atoms with Gasteiger partial charge in [-0.15, -0.1) is 11.3 Å². The third kappa shape index (κ3) is 5.16. The Labute approximate surface area is 190 Å². The van der Waals surface area contributed by atoms with Gasteiger partial charge >= 0.3 is 0 Å². The van der Waals surface area contributed by atoms with Gasteiger partial charge in [-0.1, -0.05) is 19.3 Å². The van der Waals surface area contributed by atoms with Gasteiger partial charge in [-0.25, -0.2) is 8.42 Å². The minimum Gasteiger partial charge on any atom is -0.379 e. The molecule has 1 saturated carbocycles. The number of carbonyl (C=O) groups is 1. The van der Waals surface area contributed by atoms with E-state index in [1.807, 2.05) is 13.0 Å². The second-order valence-corrected chi connectivity index (χ2v) is 12.6. The molecule has 1 aliphatic carbocycles. The average Bonchev–Trinajstić information content (AvgIpc) is 3.26. The Hall–Kier alpha value is -1.00. The smallest absolute Gasteiger partial charge is 0.252 e. The Morgan fingerprint density at radius 3 is 2.58 bits per heavy atom. The van der Waals surface area contributed by atoms with Crippen LogP contribution in [0.25, 0.3) is 0 Å². The van der Waals surface area contributed by atoms with Gasteiger partial charge in [0.25, 0.3) is 10.0 Å².